The Kier molecular flexibility index (Phi) is 6.68. The molecule has 3 heterocycles. The van der Waals surface area contributed by atoms with Crippen LogP contribution in [0.5, 0.6) is 11.5 Å². The van der Waals surface area contributed by atoms with Gasteiger partial charge in [0.15, 0.2) is 11.5 Å². The molecule has 2 aromatic carbocycles. The van der Waals surface area contributed by atoms with E-state index in [1.54, 1.807) is 25.1 Å². The Balaban J connectivity index is 1.34. The van der Waals surface area contributed by atoms with Gasteiger partial charge in [0.1, 0.15) is 5.82 Å². The summed E-state index contributed by atoms with van der Waals surface area (Å²) in [5, 5.41) is 6.06. The average molecular weight is 482 g/mol. The minimum absolute atomic E-state index is 0.125. The number of ether oxygens (including phenoxy) is 3. The molecule has 0 aliphatic carbocycles. The number of esters is 1. The van der Waals surface area contributed by atoms with Gasteiger partial charge in [-0.15, -0.1) is 0 Å². The highest BCUT2D eigenvalue weighted by Gasteiger charge is 2.36. The number of fused-ring (bicyclic) bond motifs is 1. The fraction of sp³-hybridized carbons (Fsp3) is 0.423. The first-order valence-electron chi connectivity index (χ1n) is 12.0. The van der Waals surface area contributed by atoms with Crippen molar-refractivity contribution in [2.75, 3.05) is 33.0 Å². The Hall–Kier alpha value is -3.46. The average Bonchev–Trinajstić information content (AvgIpc) is 3.52. The molecule has 9 heteroatoms. The fourth-order valence-corrected chi connectivity index (χ4v) is 4.83. The molecule has 1 atom stereocenters. The third kappa shape index (κ3) is 4.86. The lowest BCUT2D eigenvalue weighted by atomic mass is 9.96. The minimum Gasteiger partial charge on any atom is -0.466 e. The van der Waals surface area contributed by atoms with Crippen LogP contribution in [-0.4, -0.2) is 60.5 Å². The molecule has 8 nitrogen and oxygen atoms in total. The van der Waals surface area contributed by atoms with E-state index >= 15 is 0 Å². The molecular formula is C26H28FN3O5. The molecule has 184 valence electrons. The summed E-state index contributed by atoms with van der Waals surface area (Å²) in [5.41, 5.74) is 1.77. The first kappa shape index (κ1) is 23.3. The van der Waals surface area contributed by atoms with Crippen molar-refractivity contribution in [3.63, 3.8) is 0 Å². The Morgan fingerprint density at radius 1 is 1.11 bits per heavy atom. The summed E-state index contributed by atoms with van der Waals surface area (Å²) < 4.78 is 30.6. The molecular weight excluding hydrogens is 453 g/mol. The maximum absolute atomic E-state index is 14.5. The zero-order valence-electron chi connectivity index (χ0n) is 19.6. The van der Waals surface area contributed by atoms with Crippen LogP contribution < -0.4 is 9.47 Å². The topological polar surface area (TPSA) is 80.7 Å². The number of halogens is 1. The Labute approximate surface area is 203 Å². The second-order valence-corrected chi connectivity index (χ2v) is 8.90. The standard InChI is InChI=1S/C26H28FN3O5/c1-2-33-26(32)17-9-11-29(12-10-17)15-25(31)30-22(18-7-8-23-24(13-18)35-16-34-23)14-21(28-30)19-5-3-4-6-20(19)27/h3-8,13,17,22H,2,9-12,14-16H2,1H3/t22-/m0/s1. The van der Waals surface area contributed by atoms with Crippen LogP contribution in [0.1, 0.15) is 43.4 Å². The third-order valence-electron chi connectivity index (χ3n) is 6.70. The monoisotopic (exact) mass is 481 g/mol. The molecule has 35 heavy (non-hydrogen) atoms. The molecule has 3 aliphatic heterocycles. The molecule has 1 fully saturated rings. The first-order chi connectivity index (χ1) is 17.0. The van der Waals surface area contributed by atoms with Crippen molar-refractivity contribution in [2.45, 2.75) is 32.2 Å². The van der Waals surface area contributed by atoms with Crippen molar-refractivity contribution in [3.05, 3.63) is 59.4 Å². The Morgan fingerprint density at radius 3 is 2.66 bits per heavy atom. The van der Waals surface area contributed by atoms with Gasteiger partial charge in [0.2, 0.25) is 6.79 Å². The zero-order valence-corrected chi connectivity index (χ0v) is 19.6. The van der Waals surface area contributed by atoms with Gasteiger partial charge in [-0.1, -0.05) is 24.3 Å². The van der Waals surface area contributed by atoms with E-state index < -0.39 is 0 Å². The van der Waals surface area contributed by atoms with Gasteiger partial charge in [-0.2, -0.15) is 5.10 Å². The van der Waals surface area contributed by atoms with Crippen LogP contribution in [-0.2, 0) is 14.3 Å². The van der Waals surface area contributed by atoms with Gasteiger partial charge < -0.3 is 14.2 Å². The summed E-state index contributed by atoms with van der Waals surface area (Å²) in [6.45, 7) is 3.75. The van der Waals surface area contributed by atoms with Crippen molar-refractivity contribution in [3.8, 4) is 11.5 Å². The van der Waals surface area contributed by atoms with Crippen molar-refractivity contribution in [2.24, 2.45) is 11.0 Å². The van der Waals surface area contributed by atoms with E-state index in [4.69, 9.17) is 14.2 Å². The lowest BCUT2D eigenvalue weighted by molar-refractivity contribution is -0.149. The van der Waals surface area contributed by atoms with Crippen molar-refractivity contribution < 1.29 is 28.2 Å². The molecule has 0 unspecified atom stereocenters. The van der Waals surface area contributed by atoms with Crippen LogP contribution >= 0.6 is 0 Å². The molecule has 0 radical (unpaired) electrons. The van der Waals surface area contributed by atoms with E-state index in [0.29, 0.717) is 61.7 Å². The number of likely N-dealkylation sites (tertiary alicyclic amines) is 1. The highest BCUT2D eigenvalue weighted by molar-refractivity contribution is 6.03. The summed E-state index contributed by atoms with van der Waals surface area (Å²) in [5.74, 6) is 0.444. The number of nitrogens with zero attached hydrogens (tertiary/aromatic N) is 3. The van der Waals surface area contributed by atoms with Crippen molar-refractivity contribution in [1.29, 1.82) is 0 Å². The quantitative estimate of drug-likeness (QED) is 0.588. The summed E-state index contributed by atoms with van der Waals surface area (Å²) in [6, 6.07) is 11.7. The number of hydrogen-bond donors (Lipinski definition) is 0. The van der Waals surface area contributed by atoms with E-state index in [9.17, 15) is 14.0 Å². The normalized spacial score (nSPS) is 20.1. The zero-order chi connectivity index (χ0) is 24.4. The molecule has 0 N–H and O–H groups in total. The minimum atomic E-state index is -0.385. The second kappa shape index (κ2) is 10.0. The molecule has 1 saturated heterocycles. The van der Waals surface area contributed by atoms with Crippen LogP contribution in [0.4, 0.5) is 4.39 Å². The SMILES string of the molecule is CCOC(=O)C1CCN(CC(=O)N2N=C(c3ccccc3F)C[C@H]2c2ccc3c(c2)OCO3)CC1. The lowest BCUT2D eigenvalue weighted by Crippen LogP contribution is -2.43. The number of benzene rings is 2. The summed E-state index contributed by atoms with van der Waals surface area (Å²) >= 11 is 0. The van der Waals surface area contributed by atoms with Crippen LogP contribution in [0.25, 0.3) is 0 Å². The van der Waals surface area contributed by atoms with Gasteiger partial charge in [-0.05, 0) is 56.6 Å². The number of piperidine rings is 1. The van der Waals surface area contributed by atoms with E-state index in [0.717, 1.165) is 5.56 Å². The number of hydrazone groups is 1. The molecule has 0 saturated carbocycles. The molecule has 2 aromatic rings. The molecule has 0 bridgehead atoms. The van der Waals surface area contributed by atoms with E-state index in [2.05, 4.69) is 5.10 Å². The first-order valence-corrected chi connectivity index (χ1v) is 12.0. The summed E-state index contributed by atoms with van der Waals surface area (Å²) in [6.07, 6.45) is 1.69. The van der Waals surface area contributed by atoms with Gasteiger partial charge in [0.05, 0.1) is 30.8 Å². The van der Waals surface area contributed by atoms with Gasteiger partial charge >= 0.3 is 5.97 Å². The maximum Gasteiger partial charge on any atom is 0.309 e. The summed E-state index contributed by atoms with van der Waals surface area (Å²) in [4.78, 5) is 27.5. The number of hydrogen-bond acceptors (Lipinski definition) is 7. The van der Waals surface area contributed by atoms with Crippen LogP contribution in [0.2, 0.25) is 0 Å². The molecule has 3 aliphatic rings. The Bertz CT molecular complexity index is 1150. The fourth-order valence-electron chi connectivity index (χ4n) is 4.83. The molecule has 5 rings (SSSR count). The number of rotatable bonds is 6. The van der Waals surface area contributed by atoms with Gasteiger partial charge in [0, 0.05) is 12.0 Å². The van der Waals surface area contributed by atoms with Crippen LogP contribution in [0.15, 0.2) is 47.6 Å². The summed E-state index contributed by atoms with van der Waals surface area (Å²) in [7, 11) is 0. The predicted molar refractivity (Wildman–Crippen MR) is 126 cm³/mol. The van der Waals surface area contributed by atoms with Crippen LogP contribution in [0.3, 0.4) is 0 Å². The van der Waals surface area contributed by atoms with Crippen molar-refractivity contribution in [1.82, 2.24) is 9.91 Å². The van der Waals surface area contributed by atoms with Crippen LogP contribution in [0, 0.1) is 11.7 Å². The molecule has 0 aromatic heterocycles. The predicted octanol–water partition coefficient (Wildman–Crippen LogP) is 3.51. The third-order valence-corrected chi connectivity index (χ3v) is 6.70. The number of amides is 1. The van der Waals surface area contributed by atoms with Crippen molar-refractivity contribution >= 4 is 17.6 Å². The maximum atomic E-state index is 14.5. The highest BCUT2D eigenvalue weighted by atomic mass is 19.1. The molecule has 1 amide bonds. The van der Waals surface area contributed by atoms with E-state index in [1.807, 2.05) is 23.1 Å². The molecule has 0 spiro atoms. The lowest BCUT2D eigenvalue weighted by Gasteiger charge is -2.32. The second-order valence-electron chi connectivity index (χ2n) is 8.90. The largest absolute Gasteiger partial charge is 0.466 e. The van der Waals surface area contributed by atoms with E-state index in [-0.39, 0.29) is 43.0 Å². The number of carbonyl (C=O) groups excluding carboxylic acids is 2. The van der Waals surface area contributed by atoms with E-state index in [1.165, 1.54) is 11.1 Å². The van der Waals surface area contributed by atoms with Gasteiger partial charge in [0.25, 0.3) is 5.91 Å². The highest BCUT2D eigenvalue weighted by Crippen LogP contribution is 2.39. The van der Waals surface area contributed by atoms with Gasteiger partial charge in [-0.3, -0.25) is 14.5 Å². The van der Waals surface area contributed by atoms with Gasteiger partial charge in [-0.25, -0.2) is 9.40 Å². The Morgan fingerprint density at radius 2 is 1.89 bits per heavy atom. The number of carbonyl (C=O) groups is 2. The smallest absolute Gasteiger partial charge is 0.309 e.